The summed E-state index contributed by atoms with van der Waals surface area (Å²) >= 11 is 0. The molecule has 0 unspecified atom stereocenters. The minimum atomic E-state index is 0.709. The number of anilines is 2. The Balaban J connectivity index is 2.01. The zero-order valence-corrected chi connectivity index (χ0v) is 12.1. The van der Waals surface area contributed by atoms with Crippen LogP contribution in [-0.4, -0.2) is 6.61 Å². The molecule has 0 bridgehead atoms. The maximum absolute atomic E-state index is 5.90. The maximum atomic E-state index is 5.90. The average molecular weight is 270 g/mol. The molecule has 2 aromatic rings. The summed E-state index contributed by atoms with van der Waals surface area (Å²) in [6.07, 6.45) is 0.987. The molecule has 0 atom stereocenters. The molecule has 0 heterocycles. The second-order valence-corrected chi connectivity index (χ2v) is 4.98. The van der Waals surface area contributed by atoms with Gasteiger partial charge in [-0.25, -0.2) is 0 Å². The van der Waals surface area contributed by atoms with Crippen LogP contribution in [0.5, 0.6) is 5.75 Å². The van der Waals surface area contributed by atoms with Crippen LogP contribution < -0.4 is 15.8 Å². The lowest BCUT2D eigenvalue weighted by Crippen LogP contribution is -2.02. The fourth-order valence-corrected chi connectivity index (χ4v) is 1.94. The SMILES string of the molecule is CCCOc1cc(N)cc(NCc2ccc(C)cc2)c1. The zero-order valence-electron chi connectivity index (χ0n) is 12.1. The van der Waals surface area contributed by atoms with E-state index >= 15 is 0 Å². The number of rotatable bonds is 6. The lowest BCUT2D eigenvalue weighted by atomic mass is 10.1. The Hall–Kier alpha value is -2.16. The highest BCUT2D eigenvalue weighted by atomic mass is 16.5. The molecule has 0 aliphatic heterocycles. The predicted molar refractivity (Wildman–Crippen MR) is 85.1 cm³/mol. The summed E-state index contributed by atoms with van der Waals surface area (Å²) in [5.41, 5.74) is 10.1. The molecule has 3 nitrogen and oxygen atoms in total. The van der Waals surface area contributed by atoms with Crippen molar-refractivity contribution in [2.24, 2.45) is 0 Å². The smallest absolute Gasteiger partial charge is 0.123 e. The molecule has 2 rings (SSSR count). The number of hydrogen-bond donors (Lipinski definition) is 2. The van der Waals surface area contributed by atoms with Gasteiger partial charge in [0.2, 0.25) is 0 Å². The van der Waals surface area contributed by atoms with Crippen molar-refractivity contribution in [2.75, 3.05) is 17.7 Å². The third kappa shape index (κ3) is 4.19. The van der Waals surface area contributed by atoms with E-state index in [0.29, 0.717) is 12.3 Å². The summed E-state index contributed by atoms with van der Waals surface area (Å²) in [4.78, 5) is 0. The van der Waals surface area contributed by atoms with Gasteiger partial charge in [0.15, 0.2) is 0 Å². The van der Waals surface area contributed by atoms with Gasteiger partial charge >= 0.3 is 0 Å². The van der Waals surface area contributed by atoms with Crippen LogP contribution in [0.1, 0.15) is 24.5 Å². The van der Waals surface area contributed by atoms with E-state index in [2.05, 4.69) is 43.4 Å². The number of nitrogen functional groups attached to an aromatic ring is 1. The third-order valence-corrected chi connectivity index (χ3v) is 3.02. The number of hydrogen-bond acceptors (Lipinski definition) is 3. The van der Waals surface area contributed by atoms with Crippen LogP contribution in [0.4, 0.5) is 11.4 Å². The van der Waals surface area contributed by atoms with Gasteiger partial charge in [0, 0.05) is 30.1 Å². The molecule has 0 radical (unpaired) electrons. The highest BCUT2D eigenvalue weighted by Crippen LogP contribution is 2.23. The van der Waals surface area contributed by atoms with E-state index in [1.807, 2.05) is 18.2 Å². The molecular formula is C17H22N2O. The van der Waals surface area contributed by atoms with Gasteiger partial charge in [-0.2, -0.15) is 0 Å². The summed E-state index contributed by atoms with van der Waals surface area (Å²) in [6.45, 7) is 5.66. The van der Waals surface area contributed by atoms with Crippen molar-refractivity contribution in [3.05, 3.63) is 53.6 Å². The van der Waals surface area contributed by atoms with E-state index < -0.39 is 0 Å². The monoisotopic (exact) mass is 270 g/mol. The first-order chi connectivity index (χ1) is 9.67. The van der Waals surface area contributed by atoms with Crippen LogP contribution in [0, 0.1) is 6.92 Å². The van der Waals surface area contributed by atoms with E-state index in [-0.39, 0.29) is 0 Å². The molecule has 0 amide bonds. The van der Waals surface area contributed by atoms with E-state index in [1.165, 1.54) is 11.1 Å². The fourth-order valence-electron chi connectivity index (χ4n) is 1.94. The minimum Gasteiger partial charge on any atom is -0.493 e. The Bertz CT molecular complexity index is 549. The number of nitrogens with two attached hydrogens (primary N) is 1. The van der Waals surface area contributed by atoms with Crippen molar-refractivity contribution >= 4 is 11.4 Å². The molecule has 20 heavy (non-hydrogen) atoms. The van der Waals surface area contributed by atoms with Crippen LogP contribution in [0.3, 0.4) is 0 Å². The van der Waals surface area contributed by atoms with Crippen molar-refractivity contribution in [1.29, 1.82) is 0 Å². The van der Waals surface area contributed by atoms with Crippen LogP contribution in [-0.2, 0) is 6.54 Å². The molecule has 0 aromatic heterocycles. The van der Waals surface area contributed by atoms with Crippen LogP contribution >= 0.6 is 0 Å². The molecule has 3 heteroatoms. The third-order valence-electron chi connectivity index (χ3n) is 3.02. The van der Waals surface area contributed by atoms with E-state index in [0.717, 1.165) is 24.4 Å². The highest BCUT2D eigenvalue weighted by Gasteiger charge is 2.00. The molecule has 0 aliphatic rings. The topological polar surface area (TPSA) is 47.3 Å². The highest BCUT2D eigenvalue weighted by molar-refractivity contribution is 5.59. The Morgan fingerprint density at radius 2 is 1.85 bits per heavy atom. The van der Waals surface area contributed by atoms with Crippen LogP contribution in [0.15, 0.2) is 42.5 Å². The second kappa shape index (κ2) is 6.85. The first-order valence-electron chi connectivity index (χ1n) is 7.00. The Morgan fingerprint density at radius 3 is 2.55 bits per heavy atom. The minimum absolute atomic E-state index is 0.709. The molecule has 2 aromatic carbocycles. The molecule has 0 fully saturated rings. The second-order valence-electron chi connectivity index (χ2n) is 4.98. The van der Waals surface area contributed by atoms with E-state index in [1.54, 1.807) is 0 Å². The lowest BCUT2D eigenvalue weighted by molar-refractivity contribution is 0.318. The van der Waals surface area contributed by atoms with Gasteiger partial charge in [0.25, 0.3) is 0 Å². The van der Waals surface area contributed by atoms with Gasteiger partial charge in [-0.05, 0) is 25.0 Å². The molecule has 0 aliphatic carbocycles. The standard InChI is InChI=1S/C17H22N2O/c1-3-8-20-17-10-15(18)9-16(11-17)19-12-14-6-4-13(2)5-7-14/h4-7,9-11,19H,3,8,12,18H2,1-2H3. The predicted octanol–water partition coefficient (Wildman–Crippen LogP) is 3.98. The quantitative estimate of drug-likeness (QED) is 0.781. The summed E-state index contributed by atoms with van der Waals surface area (Å²) < 4.78 is 5.62. The lowest BCUT2D eigenvalue weighted by Gasteiger charge is -2.11. The summed E-state index contributed by atoms with van der Waals surface area (Å²) in [5.74, 6) is 0.818. The van der Waals surface area contributed by atoms with Crippen LogP contribution in [0.25, 0.3) is 0 Å². The largest absolute Gasteiger partial charge is 0.493 e. The van der Waals surface area contributed by atoms with E-state index in [9.17, 15) is 0 Å². The first kappa shape index (κ1) is 14.3. The molecule has 0 saturated heterocycles. The van der Waals surface area contributed by atoms with E-state index in [4.69, 9.17) is 10.5 Å². The zero-order chi connectivity index (χ0) is 14.4. The maximum Gasteiger partial charge on any atom is 0.123 e. The summed E-state index contributed by atoms with van der Waals surface area (Å²) in [5, 5.41) is 3.38. The first-order valence-corrected chi connectivity index (χ1v) is 7.00. The molecule has 106 valence electrons. The van der Waals surface area contributed by atoms with Crippen molar-refractivity contribution in [3.8, 4) is 5.75 Å². The molecule has 0 spiro atoms. The molecule has 0 saturated carbocycles. The average Bonchev–Trinajstić information content (AvgIpc) is 2.44. The fraction of sp³-hybridized carbons (Fsp3) is 0.294. The van der Waals surface area contributed by atoms with Gasteiger partial charge in [-0.3, -0.25) is 0 Å². The molecule has 3 N–H and O–H groups in total. The van der Waals surface area contributed by atoms with Gasteiger partial charge in [0.1, 0.15) is 5.75 Å². The number of nitrogens with one attached hydrogen (secondary N) is 1. The normalized spacial score (nSPS) is 10.3. The van der Waals surface area contributed by atoms with Gasteiger partial charge in [-0.1, -0.05) is 36.8 Å². The van der Waals surface area contributed by atoms with Crippen molar-refractivity contribution in [3.63, 3.8) is 0 Å². The van der Waals surface area contributed by atoms with Gasteiger partial charge in [0.05, 0.1) is 6.61 Å². The van der Waals surface area contributed by atoms with Crippen molar-refractivity contribution < 1.29 is 4.74 Å². The molecular weight excluding hydrogens is 248 g/mol. The number of ether oxygens (including phenoxy) is 1. The Kier molecular flexibility index (Phi) is 4.88. The number of benzene rings is 2. The van der Waals surface area contributed by atoms with Gasteiger partial charge in [-0.15, -0.1) is 0 Å². The summed E-state index contributed by atoms with van der Waals surface area (Å²) in [7, 11) is 0. The van der Waals surface area contributed by atoms with Crippen molar-refractivity contribution in [2.45, 2.75) is 26.8 Å². The Morgan fingerprint density at radius 1 is 1.10 bits per heavy atom. The van der Waals surface area contributed by atoms with Crippen molar-refractivity contribution in [1.82, 2.24) is 0 Å². The summed E-state index contributed by atoms with van der Waals surface area (Å²) in [6, 6.07) is 14.3. The van der Waals surface area contributed by atoms with Gasteiger partial charge < -0.3 is 15.8 Å². The number of aryl methyl sites for hydroxylation is 1. The Labute approximate surface area is 120 Å². The van der Waals surface area contributed by atoms with Crippen LogP contribution in [0.2, 0.25) is 0 Å².